The van der Waals surface area contributed by atoms with Crippen molar-refractivity contribution in [3.05, 3.63) is 18.2 Å². The quantitative estimate of drug-likeness (QED) is 0.746. The van der Waals surface area contributed by atoms with Crippen LogP contribution in [0.2, 0.25) is 0 Å². The normalized spacial score (nSPS) is 21.8. The second kappa shape index (κ2) is 9.13. The van der Waals surface area contributed by atoms with Crippen LogP contribution in [0.4, 0.5) is 0 Å². The molecule has 0 N–H and O–H groups in total. The minimum Gasteiger partial charge on any atom is -0.497 e. The molecule has 8 heteroatoms. The Labute approximate surface area is 167 Å². The van der Waals surface area contributed by atoms with Crippen molar-refractivity contribution in [3.63, 3.8) is 0 Å². The highest BCUT2D eigenvalue weighted by Crippen LogP contribution is 2.33. The number of nitrogens with zero attached hydrogens (tertiary/aromatic N) is 2. The van der Waals surface area contributed by atoms with E-state index in [-0.39, 0.29) is 29.0 Å². The number of hydrogen-bond donors (Lipinski definition) is 0. The summed E-state index contributed by atoms with van der Waals surface area (Å²) in [6.45, 7) is 2.20. The first-order chi connectivity index (χ1) is 13.5. The third-order valence-corrected chi connectivity index (χ3v) is 7.53. The number of hydrogen-bond acceptors (Lipinski definition) is 5. The molecule has 0 aliphatic carbocycles. The first-order valence-electron chi connectivity index (χ1n) is 9.98. The molecule has 0 bridgehead atoms. The summed E-state index contributed by atoms with van der Waals surface area (Å²) in [5.74, 6) is 0.549. The van der Waals surface area contributed by atoms with Gasteiger partial charge in [-0.3, -0.25) is 4.79 Å². The number of carbonyl (C=O) groups is 1. The second-order valence-electron chi connectivity index (χ2n) is 7.46. The van der Waals surface area contributed by atoms with Crippen LogP contribution in [0.5, 0.6) is 11.5 Å². The van der Waals surface area contributed by atoms with E-state index in [1.807, 2.05) is 4.90 Å². The minimum absolute atomic E-state index is 0.0808. The molecular formula is C20H30N2O5S. The first-order valence-corrected chi connectivity index (χ1v) is 11.4. The van der Waals surface area contributed by atoms with Crippen LogP contribution in [0.3, 0.4) is 0 Å². The standard InChI is InChI=1S/C20H30N2O5S/c1-26-17-9-10-18(27-2)19(14-17)28(24,25)22-13-7-8-16(15-22)20(23)21-11-5-3-4-6-12-21/h9-10,14,16H,3-8,11-13,15H2,1-2H3/t16-/m0/s1. The molecule has 0 spiro atoms. The third-order valence-electron chi connectivity index (χ3n) is 5.64. The third kappa shape index (κ3) is 4.43. The molecule has 2 aliphatic rings. The average Bonchev–Trinajstić information content (AvgIpc) is 3.02. The number of methoxy groups -OCH3 is 2. The largest absolute Gasteiger partial charge is 0.497 e. The Kier molecular flexibility index (Phi) is 6.82. The zero-order valence-corrected chi connectivity index (χ0v) is 17.5. The highest BCUT2D eigenvalue weighted by Gasteiger charge is 2.36. The second-order valence-corrected chi connectivity index (χ2v) is 9.36. The van der Waals surface area contributed by atoms with Crippen molar-refractivity contribution >= 4 is 15.9 Å². The molecule has 2 aliphatic heterocycles. The Morgan fingerprint density at radius 2 is 1.71 bits per heavy atom. The molecule has 2 fully saturated rings. The van der Waals surface area contributed by atoms with Crippen molar-refractivity contribution in [1.82, 2.24) is 9.21 Å². The maximum absolute atomic E-state index is 13.3. The van der Waals surface area contributed by atoms with E-state index in [2.05, 4.69) is 0 Å². The lowest BCUT2D eigenvalue weighted by Gasteiger charge is -2.34. The predicted octanol–water partition coefficient (Wildman–Crippen LogP) is 2.51. The van der Waals surface area contributed by atoms with Gasteiger partial charge in [0.2, 0.25) is 15.9 Å². The monoisotopic (exact) mass is 410 g/mol. The van der Waals surface area contributed by atoms with Gasteiger partial charge in [0.15, 0.2) is 0 Å². The van der Waals surface area contributed by atoms with E-state index < -0.39 is 10.0 Å². The molecule has 0 unspecified atom stereocenters. The van der Waals surface area contributed by atoms with Crippen LogP contribution in [0.1, 0.15) is 38.5 Å². The lowest BCUT2D eigenvalue weighted by molar-refractivity contribution is -0.136. The highest BCUT2D eigenvalue weighted by atomic mass is 32.2. The number of amides is 1. The molecular weight excluding hydrogens is 380 g/mol. The average molecular weight is 411 g/mol. The maximum atomic E-state index is 13.3. The molecule has 1 atom stereocenters. The van der Waals surface area contributed by atoms with Gasteiger partial charge in [-0.05, 0) is 37.8 Å². The first kappa shape index (κ1) is 20.9. The SMILES string of the molecule is COc1ccc(OC)c(S(=O)(=O)N2CCC[C@H](C(=O)N3CCCCCC3)C2)c1. The molecule has 3 rings (SSSR count). The number of sulfonamides is 1. The van der Waals surface area contributed by atoms with Crippen LogP contribution in [0.25, 0.3) is 0 Å². The molecule has 0 aromatic heterocycles. The molecule has 156 valence electrons. The topological polar surface area (TPSA) is 76.1 Å². The Morgan fingerprint density at radius 1 is 1.00 bits per heavy atom. The van der Waals surface area contributed by atoms with Crippen LogP contribution < -0.4 is 9.47 Å². The molecule has 1 aromatic carbocycles. The van der Waals surface area contributed by atoms with Crippen molar-refractivity contribution in [2.45, 2.75) is 43.4 Å². The van der Waals surface area contributed by atoms with Crippen LogP contribution in [-0.2, 0) is 14.8 Å². The van der Waals surface area contributed by atoms with E-state index in [0.717, 1.165) is 45.2 Å². The van der Waals surface area contributed by atoms with E-state index in [1.165, 1.54) is 24.6 Å². The molecule has 1 amide bonds. The summed E-state index contributed by atoms with van der Waals surface area (Å²) in [5.41, 5.74) is 0. The van der Waals surface area contributed by atoms with Crippen molar-refractivity contribution in [1.29, 1.82) is 0 Å². The lowest BCUT2D eigenvalue weighted by atomic mass is 9.98. The smallest absolute Gasteiger partial charge is 0.246 e. The van der Waals surface area contributed by atoms with Crippen molar-refractivity contribution in [2.24, 2.45) is 5.92 Å². The summed E-state index contributed by atoms with van der Waals surface area (Å²) in [7, 11) is -0.842. The van der Waals surface area contributed by atoms with E-state index in [4.69, 9.17) is 9.47 Å². The van der Waals surface area contributed by atoms with Crippen LogP contribution in [0, 0.1) is 5.92 Å². The van der Waals surface area contributed by atoms with Gasteiger partial charge in [0.25, 0.3) is 0 Å². The van der Waals surface area contributed by atoms with Gasteiger partial charge in [0, 0.05) is 32.2 Å². The van der Waals surface area contributed by atoms with Gasteiger partial charge < -0.3 is 14.4 Å². The van der Waals surface area contributed by atoms with Crippen molar-refractivity contribution in [3.8, 4) is 11.5 Å². The van der Waals surface area contributed by atoms with E-state index >= 15 is 0 Å². The molecule has 7 nitrogen and oxygen atoms in total. The predicted molar refractivity (Wildman–Crippen MR) is 106 cm³/mol. The van der Waals surface area contributed by atoms with Crippen LogP contribution >= 0.6 is 0 Å². The molecule has 1 aromatic rings. The van der Waals surface area contributed by atoms with Gasteiger partial charge in [-0.15, -0.1) is 0 Å². The highest BCUT2D eigenvalue weighted by molar-refractivity contribution is 7.89. The van der Waals surface area contributed by atoms with Crippen molar-refractivity contribution < 1.29 is 22.7 Å². The van der Waals surface area contributed by atoms with Gasteiger partial charge in [-0.2, -0.15) is 4.31 Å². The number of benzene rings is 1. The molecule has 2 saturated heterocycles. The molecule has 28 heavy (non-hydrogen) atoms. The zero-order chi connectivity index (χ0) is 20.1. The van der Waals surface area contributed by atoms with E-state index in [0.29, 0.717) is 18.7 Å². The Hall–Kier alpha value is -1.80. The Balaban J connectivity index is 1.80. The summed E-state index contributed by atoms with van der Waals surface area (Å²) < 4.78 is 38.5. The van der Waals surface area contributed by atoms with Gasteiger partial charge in [-0.1, -0.05) is 12.8 Å². The van der Waals surface area contributed by atoms with Crippen LogP contribution in [-0.4, -0.2) is 63.9 Å². The summed E-state index contributed by atoms with van der Waals surface area (Å²) in [4.78, 5) is 15.0. The van der Waals surface area contributed by atoms with Gasteiger partial charge in [0.1, 0.15) is 16.4 Å². The summed E-state index contributed by atoms with van der Waals surface area (Å²) in [5, 5.41) is 0. The van der Waals surface area contributed by atoms with Crippen molar-refractivity contribution in [2.75, 3.05) is 40.4 Å². The van der Waals surface area contributed by atoms with Gasteiger partial charge in [-0.25, -0.2) is 8.42 Å². The molecule has 2 heterocycles. The fraction of sp³-hybridized carbons (Fsp3) is 0.650. The summed E-state index contributed by atoms with van der Waals surface area (Å²) in [6, 6.07) is 4.74. The van der Waals surface area contributed by atoms with E-state index in [1.54, 1.807) is 12.1 Å². The van der Waals surface area contributed by atoms with E-state index in [9.17, 15) is 13.2 Å². The summed E-state index contributed by atoms with van der Waals surface area (Å²) >= 11 is 0. The Bertz CT molecular complexity index is 788. The number of piperidine rings is 1. The maximum Gasteiger partial charge on any atom is 0.246 e. The van der Waals surface area contributed by atoms with Crippen LogP contribution in [0.15, 0.2) is 23.1 Å². The fourth-order valence-corrected chi connectivity index (χ4v) is 5.73. The lowest BCUT2D eigenvalue weighted by Crippen LogP contribution is -2.47. The minimum atomic E-state index is -3.78. The number of rotatable bonds is 5. The van der Waals surface area contributed by atoms with Gasteiger partial charge in [0.05, 0.1) is 20.1 Å². The van der Waals surface area contributed by atoms with Gasteiger partial charge >= 0.3 is 0 Å². The number of likely N-dealkylation sites (tertiary alicyclic amines) is 1. The molecule has 0 saturated carbocycles. The fourth-order valence-electron chi connectivity index (χ4n) is 4.04. The Morgan fingerprint density at radius 3 is 2.36 bits per heavy atom. The zero-order valence-electron chi connectivity index (χ0n) is 16.7. The number of carbonyl (C=O) groups excluding carboxylic acids is 1. The summed E-state index contributed by atoms with van der Waals surface area (Å²) in [6.07, 6.45) is 5.78. The molecule has 0 radical (unpaired) electrons. The number of ether oxygens (including phenoxy) is 2.